The van der Waals surface area contributed by atoms with E-state index in [1.165, 1.54) is 36.5 Å². The molecule has 532 valence electrons. The third-order valence-corrected chi connectivity index (χ3v) is 22.2. The van der Waals surface area contributed by atoms with E-state index in [4.69, 9.17) is 23.7 Å². The fraction of sp³-hybridized carbons (Fsp3) is 0.738. The van der Waals surface area contributed by atoms with Crippen molar-refractivity contribution in [3.05, 3.63) is 77.9 Å². The monoisotopic (exact) mass is 1360 g/mol. The number of halogens is 2. The zero-order valence-corrected chi connectivity index (χ0v) is 55.1. The van der Waals surface area contributed by atoms with E-state index in [2.05, 4.69) is 19.8 Å². The van der Waals surface area contributed by atoms with Gasteiger partial charge in [-0.15, -0.1) is 30.3 Å². The molecule has 29 nitrogen and oxygen atoms in total. The number of esters is 3. The molecule has 3 N–H and O–H groups in total. The first kappa shape index (κ1) is 75.5. The number of nitrogens with zero attached hydrogens (tertiary/aromatic N) is 3. The first-order chi connectivity index (χ1) is 45.1. The molecule has 0 aromatic carbocycles. The SMILES string of the molecule is CCCCCOC(=O)OCC(=O)[C@@]1(OC(=O)CCCO[N+](=O)[O-])[C@@H](C)CC2C3CCC4=CC(=O)C=C[C@]4(C)[C@@]3(F)[C@@H](O)C[C@@]21C.C[C@H]1CC2C3CCC4=CC(=O)C=C[C@]4(C)[C@@]3(F)[C@@H](O)C[C@]2(C)[C@@]1(OC(=O)CCCO[N+](=O)[O-])C(=O)COC(=O)CCNC(=O)CCCO[N+](=O)[O-]. The van der Waals surface area contributed by atoms with Gasteiger partial charge in [0.15, 0.2) is 47.3 Å². The summed E-state index contributed by atoms with van der Waals surface area (Å²) in [4.78, 5) is 160. The third-order valence-electron chi connectivity index (χ3n) is 22.2. The molecule has 1 amide bonds. The maximum absolute atomic E-state index is 17.7. The van der Waals surface area contributed by atoms with Crippen LogP contribution in [0, 0.1) is 87.5 Å². The fourth-order valence-corrected chi connectivity index (χ4v) is 17.8. The van der Waals surface area contributed by atoms with E-state index in [0.717, 1.165) is 12.8 Å². The van der Waals surface area contributed by atoms with Crippen LogP contribution in [-0.4, -0.2) is 160 Å². The van der Waals surface area contributed by atoms with Gasteiger partial charge in [-0.3, -0.25) is 38.4 Å². The van der Waals surface area contributed by atoms with Crippen molar-refractivity contribution in [3.63, 3.8) is 0 Å². The standard InChI is InChI=1S/C33H44FN3O14.C32H44FNO11/c1-20-16-24-23-9-8-21-17-22(38)10-12-30(21,2)32(23,34)25(39)18-31(24,3)33(20,51-29(43)7-5-15-50-37(46)47)26(40)19-48-28(42)11-13-35-27(41)6-4-14-49-36(44)45;1-5-6-7-14-42-28(39)43-19-26(37)32(45-27(38)9-8-15-44-34(40)41)20(2)16-24-23-11-10-21-17-22(35)12-13-29(21,3)31(23,33)25(36)18-30(24,32)4/h10,12,17,20,23-25,39H,4-9,11,13-16,18-19H2,1-3H3,(H,35,41);12-13,17,20,23-25,36H,5-11,14-16,18-19H2,1-4H3/t20-,23?,24?,25-,30-,31-,32-,33-;20-,23?,24?,25-,29-,30-,31-,32-/m00/s1. The number of Topliss-reactive ketones (excluding diaryl/α,β-unsaturated/α-hetero) is 2. The minimum absolute atomic E-state index is 0.0590. The Hall–Kier alpha value is -7.83. The number of hydrogen-bond acceptors (Lipinski definition) is 25. The topological polar surface area (TPSA) is 409 Å². The average Bonchev–Trinajstić information content (AvgIpc) is 1.45. The van der Waals surface area contributed by atoms with Gasteiger partial charge in [0.25, 0.3) is 15.3 Å². The lowest BCUT2D eigenvalue weighted by molar-refractivity contribution is -0.757. The van der Waals surface area contributed by atoms with Crippen molar-refractivity contribution in [3.8, 4) is 0 Å². The van der Waals surface area contributed by atoms with Crippen LogP contribution < -0.4 is 5.32 Å². The van der Waals surface area contributed by atoms with Gasteiger partial charge in [-0.05, 0) is 127 Å². The zero-order valence-electron chi connectivity index (χ0n) is 55.1. The van der Waals surface area contributed by atoms with Crippen molar-refractivity contribution >= 4 is 53.1 Å². The van der Waals surface area contributed by atoms with Crippen molar-refractivity contribution in [2.24, 2.45) is 57.2 Å². The van der Waals surface area contributed by atoms with E-state index in [1.807, 2.05) is 6.92 Å². The van der Waals surface area contributed by atoms with E-state index in [1.54, 1.807) is 41.5 Å². The van der Waals surface area contributed by atoms with Gasteiger partial charge in [-0.2, -0.15) is 0 Å². The molecule has 8 rings (SSSR count). The summed E-state index contributed by atoms with van der Waals surface area (Å²) in [7, 11) is 0. The maximum Gasteiger partial charge on any atom is 0.508 e. The second-order valence-corrected chi connectivity index (χ2v) is 27.4. The van der Waals surface area contributed by atoms with Gasteiger partial charge in [0.2, 0.25) is 17.5 Å². The van der Waals surface area contributed by atoms with Gasteiger partial charge in [-0.1, -0.05) is 70.8 Å². The molecule has 31 heteroatoms. The van der Waals surface area contributed by atoms with Crippen LogP contribution in [0.15, 0.2) is 47.6 Å². The predicted molar refractivity (Wildman–Crippen MR) is 325 cm³/mol. The molecule has 0 saturated heterocycles. The van der Waals surface area contributed by atoms with Crippen molar-refractivity contribution in [2.45, 2.75) is 199 Å². The predicted octanol–water partition coefficient (Wildman–Crippen LogP) is 7.27. The van der Waals surface area contributed by atoms with Gasteiger partial charge >= 0.3 is 24.1 Å². The number of carbonyl (C=O) groups is 9. The third kappa shape index (κ3) is 14.3. The molecule has 4 unspecified atom stereocenters. The lowest BCUT2D eigenvalue weighted by Crippen LogP contribution is -2.70. The Labute approximate surface area is 552 Å². The number of hydrogen-bond donors (Lipinski definition) is 3. The van der Waals surface area contributed by atoms with Crippen molar-refractivity contribution < 1.29 is 116 Å². The number of fused-ring (bicyclic) bond motifs is 10. The highest BCUT2D eigenvalue weighted by Crippen LogP contribution is 2.73. The number of aliphatic hydroxyl groups excluding tert-OH is 2. The first-order valence-electron chi connectivity index (χ1n) is 32.8. The molecule has 8 aliphatic rings. The summed E-state index contributed by atoms with van der Waals surface area (Å²) in [6.45, 7) is 9.38. The molecule has 96 heavy (non-hydrogen) atoms. The summed E-state index contributed by atoms with van der Waals surface area (Å²) in [5.74, 6) is -9.17. The van der Waals surface area contributed by atoms with Crippen LogP contribution in [0.4, 0.5) is 13.6 Å². The largest absolute Gasteiger partial charge is 0.508 e. The highest BCUT2D eigenvalue weighted by molar-refractivity contribution is 6.02. The first-order valence-corrected chi connectivity index (χ1v) is 32.8. The Bertz CT molecular complexity index is 3180. The summed E-state index contributed by atoms with van der Waals surface area (Å²) < 4.78 is 62.9. The molecule has 0 aliphatic heterocycles. The number of carbonyl (C=O) groups excluding carboxylic acids is 9. The lowest BCUT2D eigenvalue weighted by atomic mass is 9.44. The van der Waals surface area contributed by atoms with Crippen LogP contribution in [0.5, 0.6) is 0 Å². The smallest absolute Gasteiger partial charge is 0.457 e. The summed E-state index contributed by atoms with van der Waals surface area (Å²) >= 11 is 0. The van der Waals surface area contributed by atoms with Crippen LogP contribution in [0.2, 0.25) is 0 Å². The van der Waals surface area contributed by atoms with Crippen LogP contribution in [0.1, 0.15) is 164 Å². The normalized spacial score (nSPS) is 34.9. The van der Waals surface area contributed by atoms with Crippen LogP contribution in [-0.2, 0) is 76.6 Å². The molecule has 8 aliphatic carbocycles. The number of allylic oxidation sites excluding steroid dienone is 8. The Morgan fingerprint density at radius 1 is 0.573 bits per heavy atom. The van der Waals surface area contributed by atoms with Gasteiger partial charge in [0, 0.05) is 71.1 Å². The quantitative estimate of drug-likeness (QED) is 0.0209. The molecule has 0 aromatic rings. The van der Waals surface area contributed by atoms with E-state index >= 15 is 8.78 Å². The fourth-order valence-electron chi connectivity index (χ4n) is 17.8. The van der Waals surface area contributed by atoms with Gasteiger partial charge in [-0.25, -0.2) is 13.6 Å². The number of amides is 1. The number of unbranched alkanes of at least 4 members (excludes halogenated alkanes) is 2. The molecule has 16 atom stereocenters. The number of nitrogens with one attached hydrogen (secondary N) is 1. The van der Waals surface area contributed by atoms with Crippen LogP contribution in [0.3, 0.4) is 0 Å². The van der Waals surface area contributed by atoms with Gasteiger partial charge in [0.05, 0.1) is 45.1 Å². The molecule has 0 radical (unpaired) electrons. The minimum atomic E-state index is -2.22. The maximum atomic E-state index is 17.7. The summed E-state index contributed by atoms with van der Waals surface area (Å²) in [6, 6.07) is 0. The molecule has 0 bridgehead atoms. The zero-order chi connectivity index (χ0) is 71.0. The van der Waals surface area contributed by atoms with E-state index in [0.29, 0.717) is 36.8 Å². The van der Waals surface area contributed by atoms with Crippen molar-refractivity contribution in [1.29, 1.82) is 0 Å². The second-order valence-electron chi connectivity index (χ2n) is 27.4. The molecule has 6 saturated carbocycles. The second kappa shape index (κ2) is 30.3. The highest BCUT2D eigenvalue weighted by Gasteiger charge is 2.79. The Morgan fingerprint density at radius 3 is 1.41 bits per heavy atom. The highest BCUT2D eigenvalue weighted by atomic mass is 19.1. The molecular weight excluding hydrogens is 1270 g/mol. The Kier molecular flexibility index (Phi) is 23.8. The van der Waals surface area contributed by atoms with Crippen molar-refractivity contribution in [2.75, 3.05) is 46.2 Å². The molecule has 6 fully saturated rings. The minimum Gasteiger partial charge on any atom is -0.457 e. The number of aliphatic hydroxyl groups is 2. The summed E-state index contributed by atoms with van der Waals surface area (Å²) in [6.07, 6.45) is 6.67. The molecule has 0 heterocycles. The lowest BCUT2D eigenvalue weighted by Gasteiger charge is -2.62. The molecule has 0 spiro atoms. The van der Waals surface area contributed by atoms with E-state index in [-0.39, 0.29) is 115 Å². The summed E-state index contributed by atoms with van der Waals surface area (Å²) in [5.41, 5.74) is -12.3. The van der Waals surface area contributed by atoms with Gasteiger partial charge in [0.1, 0.15) is 0 Å². The molecule has 0 aromatic heterocycles. The Balaban J connectivity index is 0.000000273. The number of rotatable bonds is 30. The van der Waals surface area contributed by atoms with Crippen LogP contribution >= 0.6 is 0 Å². The summed E-state index contributed by atoms with van der Waals surface area (Å²) in [5, 5.41) is 54.2. The number of ketones is 4. The number of ether oxygens (including phenoxy) is 5. The average molecular weight is 1360 g/mol. The van der Waals surface area contributed by atoms with E-state index in [9.17, 15) is 83.7 Å². The van der Waals surface area contributed by atoms with E-state index < -0.39 is 169 Å². The Morgan fingerprint density at radius 2 is 0.990 bits per heavy atom. The van der Waals surface area contributed by atoms with Crippen LogP contribution in [0.25, 0.3) is 0 Å². The van der Waals surface area contributed by atoms with Crippen molar-refractivity contribution in [1.82, 2.24) is 5.32 Å². The number of alkyl halides is 2. The van der Waals surface area contributed by atoms with Gasteiger partial charge < -0.3 is 53.7 Å². The molecular formula is C65H88F2N4O25.